The van der Waals surface area contributed by atoms with Gasteiger partial charge in [0.15, 0.2) is 5.82 Å². The molecule has 0 amide bonds. The molecule has 14 heteroatoms. The summed E-state index contributed by atoms with van der Waals surface area (Å²) in [5.41, 5.74) is -0.797. The molecule has 190 valence electrons. The zero-order chi connectivity index (χ0) is 26.4. The van der Waals surface area contributed by atoms with E-state index in [1.54, 1.807) is 0 Å². The minimum Gasteiger partial charge on any atom is -0.489 e. The molecule has 1 aliphatic rings. The SMILES string of the molecule is Cn1ncc(-c2cc3c(CCl)n[nH]c(=O)c3c(OC(F)F)n2)c1-c1c(F)c(Cl)cc(OC2CC2)c1C#N. The van der Waals surface area contributed by atoms with Crippen LogP contribution >= 0.6 is 23.2 Å². The number of aryl methyl sites for hydroxylation is 1. The van der Waals surface area contributed by atoms with Gasteiger partial charge in [0, 0.05) is 24.1 Å². The number of rotatable bonds is 7. The molecule has 3 heterocycles. The summed E-state index contributed by atoms with van der Waals surface area (Å²) in [5, 5.41) is 19.7. The van der Waals surface area contributed by atoms with Gasteiger partial charge in [-0.1, -0.05) is 11.6 Å². The molecule has 0 spiro atoms. The molecule has 0 aliphatic heterocycles. The van der Waals surface area contributed by atoms with E-state index >= 15 is 4.39 Å². The highest BCUT2D eigenvalue weighted by atomic mass is 35.5. The van der Waals surface area contributed by atoms with Crippen LogP contribution in [-0.2, 0) is 12.9 Å². The maximum Gasteiger partial charge on any atom is 0.388 e. The molecule has 3 aromatic heterocycles. The zero-order valence-corrected chi connectivity index (χ0v) is 20.4. The van der Waals surface area contributed by atoms with Crippen LogP contribution in [0.25, 0.3) is 33.3 Å². The molecular formula is C23H15Cl2F3N6O3. The van der Waals surface area contributed by atoms with E-state index in [-0.39, 0.29) is 67.3 Å². The van der Waals surface area contributed by atoms with E-state index in [4.69, 9.17) is 27.9 Å². The number of aromatic nitrogens is 5. The van der Waals surface area contributed by atoms with Crippen LogP contribution in [0, 0.1) is 17.1 Å². The first-order chi connectivity index (χ1) is 17.7. The van der Waals surface area contributed by atoms with E-state index < -0.39 is 23.9 Å². The Balaban J connectivity index is 1.81. The highest BCUT2D eigenvalue weighted by Crippen LogP contribution is 2.43. The summed E-state index contributed by atoms with van der Waals surface area (Å²) in [7, 11) is 1.50. The number of nitriles is 1. The quantitative estimate of drug-likeness (QED) is 0.324. The lowest BCUT2D eigenvalue weighted by atomic mass is 9.98. The predicted octanol–water partition coefficient (Wildman–Crippen LogP) is 4.93. The summed E-state index contributed by atoms with van der Waals surface area (Å²) in [6, 6.07) is 4.59. The Morgan fingerprint density at radius 3 is 2.76 bits per heavy atom. The maximum atomic E-state index is 15.5. The molecule has 37 heavy (non-hydrogen) atoms. The van der Waals surface area contributed by atoms with E-state index in [0.29, 0.717) is 0 Å². The number of nitrogens with zero attached hydrogens (tertiary/aromatic N) is 5. The van der Waals surface area contributed by atoms with Crippen molar-refractivity contribution in [3.8, 4) is 40.2 Å². The van der Waals surface area contributed by atoms with E-state index in [2.05, 4.69) is 25.0 Å². The number of aromatic amines is 1. The molecule has 1 N–H and O–H groups in total. The number of nitrogens with one attached hydrogen (secondary N) is 1. The van der Waals surface area contributed by atoms with Gasteiger partial charge in [-0.05, 0) is 18.9 Å². The molecule has 0 radical (unpaired) electrons. The lowest BCUT2D eigenvalue weighted by molar-refractivity contribution is -0.0516. The second-order valence-electron chi connectivity index (χ2n) is 8.13. The molecular weight excluding hydrogens is 536 g/mol. The van der Waals surface area contributed by atoms with Crippen LogP contribution < -0.4 is 15.0 Å². The van der Waals surface area contributed by atoms with Crippen molar-refractivity contribution in [1.82, 2.24) is 25.0 Å². The fourth-order valence-electron chi connectivity index (χ4n) is 3.93. The van der Waals surface area contributed by atoms with Crippen molar-refractivity contribution in [1.29, 1.82) is 5.26 Å². The Hall–Kier alpha value is -3.82. The average molecular weight is 551 g/mol. The van der Waals surface area contributed by atoms with Gasteiger partial charge >= 0.3 is 6.61 Å². The largest absolute Gasteiger partial charge is 0.489 e. The average Bonchev–Trinajstić information content (AvgIpc) is 3.59. The third-order valence-corrected chi connectivity index (χ3v) is 6.24. The molecule has 1 fully saturated rings. The van der Waals surface area contributed by atoms with Gasteiger partial charge in [-0.25, -0.2) is 14.5 Å². The van der Waals surface area contributed by atoms with Crippen LogP contribution in [0.15, 0.2) is 23.1 Å². The third kappa shape index (κ3) is 4.45. The number of hydrogen-bond acceptors (Lipinski definition) is 7. The first kappa shape index (κ1) is 24.9. The van der Waals surface area contributed by atoms with E-state index in [0.717, 1.165) is 12.8 Å². The minimum absolute atomic E-state index is 0.0158. The monoisotopic (exact) mass is 550 g/mol. The van der Waals surface area contributed by atoms with Gasteiger partial charge in [-0.2, -0.15) is 24.2 Å². The minimum atomic E-state index is -3.30. The number of fused-ring (bicyclic) bond motifs is 1. The standard InChI is InChI=1S/C23H15Cl2F3N6O3/c1-34-20(17-11(7-29)16(36-9-2-3-9)5-13(25)19(17)26)12(8-30-34)14-4-10-15(6-24)32-33-21(35)18(10)22(31-14)37-23(27)28/h4-5,8-9,23H,2-3,6H2,1H3,(H,33,35). The van der Waals surface area contributed by atoms with Gasteiger partial charge in [-0.15, -0.1) is 11.6 Å². The highest BCUT2D eigenvalue weighted by Gasteiger charge is 2.30. The van der Waals surface area contributed by atoms with Crippen molar-refractivity contribution in [2.24, 2.45) is 7.05 Å². The fraction of sp³-hybridized carbons (Fsp3) is 0.261. The predicted molar refractivity (Wildman–Crippen MR) is 127 cm³/mol. The first-order valence-electron chi connectivity index (χ1n) is 10.8. The van der Waals surface area contributed by atoms with Crippen molar-refractivity contribution in [3.63, 3.8) is 0 Å². The van der Waals surface area contributed by atoms with Crippen molar-refractivity contribution < 1.29 is 22.6 Å². The Morgan fingerprint density at radius 1 is 1.35 bits per heavy atom. The number of benzene rings is 1. The number of H-pyrrole nitrogens is 1. The number of alkyl halides is 3. The van der Waals surface area contributed by atoms with Crippen LogP contribution in [0.3, 0.4) is 0 Å². The van der Waals surface area contributed by atoms with Gasteiger partial charge < -0.3 is 9.47 Å². The molecule has 0 unspecified atom stereocenters. The Bertz CT molecular complexity index is 1650. The zero-order valence-electron chi connectivity index (χ0n) is 18.9. The highest BCUT2D eigenvalue weighted by molar-refractivity contribution is 6.31. The van der Waals surface area contributed by atoms with Gasteiger partial charge in [-0.3, -0.25) is 9.48 Å². The summed E-state index contributed by atoms with van der Waals surface area (Å²) in [5.74, 6) is -1.66. The van der Waals surface area contributed by atoms with Crippen LogP contribution in [-0.4, -0.2) is 37.7 Å². The van der Waals surface area contributed by atoms with Crippen molar-refractivity contribution >= 4 is 34.0 Å². The molecule has 4 aromatic rings. The Labute approximate surface area is 216 Å². The number of hydrogen-bond donors (Lipinski definition) is 1. The lowest BCUT2D eigenvalue weighted by Gasteiger charge is -2.15. The summed E-state index contributed by atoms with van der Waals surface area (Å²) >= 11 is 12.1. The molecule has 9 nitrogen and oxygen atoms in total. The molecule has 0 atom stereocenters. The number of ether oxygens (including phenoxy) is 2. The molecule has 0 bridgehead atoms. The van der Waals surface area contributed by atoms with Crippen molar-refractivity contribution in [3.05, 3.63) is 50.8 Å². The van der Waals surface area contributed by atoms with Crippen LogP contribution in [0.2, 0.25) is 5.02 Å². The fourth-order valence-corrected chi connectivity index (χ4v) is 4.33. The third-order valence-electron chi connectivity index (χ3n) is 5.71. The molecule has 1 aliphatic carbocycles. The van der Waals surface area contributed by atoms with Crippen LogP contribution in [0.4, 0.5) is 13.2 Å². The Morgan fingerprint density at radius 2 is 2.11 bits per heavy atom. The summed E-state index contributed by atoms with van der Waals surface area (Å²) in [6.45, 7) is -3.30. The number of halogens is 5. The van der Waals surface area contributed by atoms with Gasteiger partial charge in [0.1, 0.15) is 22.8 Å². The van der Waals surface area contributed by atoms with E-state index in [1.165, 1.54) is 30.1 Å². The normalized spacial score (nSPS) is 13.2. The van der Waals surface area contributed by atoms with Crippen LogP contribution in [0.1, 0.15) is 24.1 Å². The molecule has 0 saturated heterocycles. The Kier molecular flexibility index (Phi) is 6.43. The second kappa shape index (κ2) is 9.57. The molecule has 5 rings (SSSR count). The van der Waals surface area contributed by atoms with E-state index in [1.807, 2.05) is 6.07 Å². The summed E-state index contributed by atoms with van der Waals surface area (Å²) in [6.07, 6.45) is 2.77. The van der Waals surface area contributed by atoms with Crippen molar-refractivity contribution in [2.75, 3.05) is 0 Å². The maximum absolute atomic E-state index is 15.5. The molecule has 1 aromatic carbocycles. The first-order valence-corrected chi connectivity index (χ1v) is 11.7. The van der Waals surface area contributed by atoms with Gasteiger partial charge in [0.25, 0.3) is 5.56 Å². The van der Waals surface area contributed by atoms with Gasteiger partial charge in [0.2, 0.25) is 5.88 Å². The lowest BCUT2D eigenvalue weighted by Crippen LogP contribution is -2.15. The number of pyridine rings is 1. The topological polar surface area (TPSA) is 119 Å². The van der Waals surface area contributed by atoms with Crippen molar-refractivity contribution in [2.45, 2.75) is 31.4 Å². The van der Waals surface area contributed by atoms with Crippen LogP contribution in [0.5, 0.6) is 11.6 Å². The second-order valence-corrected chi connectivity index (χ2v) is 8.80. The molecule has 1 saturated carbocycles. The smallest absolute Gasteiger partial charge is 0.388 e. The van der Waals surface area contributed by atoms with E-state index in [9.17, 15) is 18.8 Å². The van der Waals surface area contributed by atoms with Gasteiger partial charge in [0.05, 0.1) is 45.8 Å². The summed E-state index contributed by atoms with van der Waals surface area (Å²) < 4.78 is 53.6. The summed E-state index contributed by atoms with van der Waals surface area (Å²) in [4.78, 5) is 16.5.